The largest absolute Gasteiger partial charge is 0.394 e. The molecule has 9 heteroatoms. The van der Waals surface area contributed by atoms with Crippen LogP contribution in [0.15, 0.2) is 22.8 Å². The molecule has 2 saturated carbocycles. The van der Waals surface area contributed by atoms with Crippen molar-refractivity contribution >= 4 is 5.78 Å². The van der Waals surface area contributed by atoms with Crippen LogP contribution in [0.1, 0.15) is 72.6 Å². The smallest absolute Gasteiger partial charge is 0.186 e. The Morgan fingerprint density at radius 3 is 2.67 bits per heavy atom. The molecule has 3 unspecified atom stereocenters. The van der Waals surface area contributed by atoms with Crippen molar-refractivity contribution < 1.29 is 39.4 Å². The Labute approximate surface area is 248 Å². The van der Waals surface area contributed by atoms with Crippen LogP contribution in [0.25, 0.3) is 0 Å². The Hall–Kier alpha value is -1.17. The number of ether oxygens (including phenoxy) is 3. The van der Waals surface area contributed by atoms with E-state index in [1.807, 2.05) is 0 Å². The molecular formula is C33H49NO8. The van der Waals surface area contributed by atoms with Crippen LogP contribution in [0.4, 0.5) is 0 Å². The van der Waals surface area contributed by atoms with Gasteiger partial charge in [0.15, 0.2) is 12.1 Å². The van der Waals surface area contributed by atoms with Gasteiger partial charge in [-0.05, 0) is 87.2 Å². The van der Waals surface area contributed by atoms with Gasteiger partial charge in [-0.2, -0.15) is 0 Å². The number of hydrogen-bond acceptors (Lipinski definition) is 9. The molecule has 7 rings (SSSR count). The van der Waals surface area contributed by atoms with E-state index in [2.05, 4.69) is 39.1 Å². The molecule has 0 amide bonds. The SMILES string of the molecule is CC1=C2C(=O)C3[C@@H](CC=C4C[C@@H](O[C@@H]5O[C@H](CO)[C@@H](O)[C@H](O)[C@H]5O)CC[C@@]43C)C2CC[C@]12O[C@@H]1C[C@H](C)CNC1[C@H]2C. The zero-order valence-corrected chi connectivity index (χ0v) is 25.4. The lowest BCUT2D eigenvalue weighted by atomic mass is 9.56. The molecule has 9 nitrogen and oxygen atoms in total. The van der Waals surface area contributed by atoms with Crippen molar-refractivity contribution in [3.8, 4) is 0 Å². The van der Waals surface area contributed by atoms with Gasteiger partial charge >= 0.3 is 0 Å². The highest BCUT2D eigenvalue weighted by Gasteiger charge is 2.63. The molecule has 0 aromatic carbocycles. The molecule has 234 valence electrons. The highest BCUT2D eigenvalue weighted by Crippen LogP contribution is 2.64. The first-order valence-electron chi connectivity index (χ1n) is 16.3. The number of hydrogen-bond donors (Lipinski definition) is 5. The van der Waals surface area contributed by atoms with Crippen molar-refractivity contribution in [1.82, 2.24) is 5.32 Å². The molecule has 15 atom stereocenters. The van der Waals surface area contributed by atoms with Crippen LogP contribution >= 0.6 is 0 Å². The molecule has 5 N–H and O–H groups in total. The summed E-state index contributed by atoms with van der Waals surface area (Å²) in [7, 11) is 0. The predicted octanol–water partition coefficient (Wildman–Crippen LogP) is 2.01. The number of allylic oxidation sites excluding steroid dienone is 2. The summed E-state index contributed by atoms with van der Waals surface area (Å²) < 4.78 is 18.8. The van der Waals surface area contributed by atoms with Crippen molar-refractivity contribution in [3.63, 3.8) is 0 Å². The fourth-order valence-corrected chi connectivity index (χ4v) is 10.4. The van der Waals surface area contributed by atoms with Gasteiger partial charge in [-0.25, -0.2) is 0 Å². The van der Waals surface area contributed by atoms with Gasteiger partial charge in [0.25, 0.3) is 0 Å². The van der Waals surface area contributed by atoms with Crippen molar-refractivity contribution in [3.05, 3.63) is 22.8 Å². The molecule has 0 radical (unpaired) electrons. The fourth-order valence-electron chi connectivity index (χ4n) is 10.4. The number of rotatable bonds is 3. The monoisotopic (exact) mass is 587 g/mol. The third-order valence-corrected chi connectivity index (χ3v) is 12.8. The van der Waals surface area contributed by atoms with Gasteiger partial charge in [-0.1, -0.05) is 32.4 Å². The first-order valence-corrected chi connectivity index (χ1v) is 16.3. The first-order chi connectivity index (χ1) is 20.0. The van der Waals surface area contributed by atoms with Crippen LogP contribution in [0.3, 0.4) is 0 Å². The highest BCUT2D eigenvalue weighted by atomic mass is 16.7. The van der Waals surface area contributed by atoms with Crippen molar-refractivity contribution in [2.75, 3.05) is 13.2 Å². The number of carbonyl (C=O) groups is 1. The molecule has 7 aliphatic rings. The Balaban J connectivity index is 1.11. The molecule has 1 spiro atoms. The van der Waals surface area contributed by atoms with Crippen LogP contribution in [-0.4, -0.2) is 93.9 Å². The summed E-state index contributed by atoms with van der Waals surface area (Å²) in [5.41, 5.74) is 2.89. The average molecular weight is 588 g/mol. The summed E-state index contributed by atoms with van der Waals surface area (Å²) in [5.74, 6) is 1.81. The molecule has 3 aliphatic heterocycles. The molecule has 5 fully saturated rings. The number of piperidine rings is 1. The Kier molecular flexibility index (Phi) is 7.34. The van der Waals surface area contributed by atoms with E-state index < -0.39 is 37.3 Å². The standard InChI is InChI=1S/C33H49NO8/c1-15-11-22-26(34-13-15)17(3)33(42-22)10-8-20-21-6-5-18-12-19(40-31-30(39)29(38)27(36)23(14-35)41-31)7-9-32(18,4)25(21)28(37)24(20)16(33)2/h5,15,17,19-23,25-27,29-31,34-36,38-39H,6-14H2,1-4H3/t15-,17+,19-,20?,21-,22+,23+,25?,26?,27+,29-,30+,31+,32-,33-/m0/s1. The number of aliphatic hydroxyl groups is 4. The molecule has 3 heterocycles. The van der Waals surface area contributed by atoms with Crippen LogP contribution in [-0.2, 0) is 19.0 Å². The summed E-state index contributed by atoms with van der Waals surface area (Å²) in [6.07, 6.45) is 1.93. The second-order valence-electron chi connectivity index (χ2n) is 14.9. The summed E-state index contributed by atoms with van der Waals surface area (Å²) >= 11 is 0. The van der Waals surface area contributed by atoms with E-state index in [1.54, 1.807) is 0 Å². The Morgan fingerprint density at radius 1 is 1.12 bits per heavy atom. The summed E-state index contributed by atoms with van der Waals surface area (Å²) in [6, 6.07) is 0.344. The van der Waals surface area contributed by atoms with E-state index in [0.717, 1.165) is 44.2 Å². The minimum absolute atomic E-state index is 0.0482. The highest BCUT2D eigenvalue weighted by molar-refractivity contribution is 6.02. The van der Waals surface area contributed by atoms with Crippen LogP contribution in [0, 0.1) is 35.0 Å². The van der Waals surface area contributed by atoms with Crippen LogP contribution in [0.5, 0.6) is 0 Å². The lowest BCUT2D eigenvalue weighted by Crippen LogP contribution is -2.60. The second-order valence-corrected chi connectivity index (χ2v) is 14.9. The normalized spacial score (nSPS) is 53.9. The third-order valence-electron chi connectivity index (χ3n) is 12.8. The van der Waals surface area contributed by atoms with Crippen molar-refractivity contribution in [1.29, 1.82) is 0 Å². The average Bonchev–Trinajstić information content (AvgIpc) is 3.42. The lowest BCUT2D eigenvalue weighted by Gasteiger charge is -2.49. The number of fused-ring (bicyclic) bond motifs is 6. The Morgan fingerprint density at radius 2 is 1.90 bits per heavy atom. The molecular weight excluding hydrogens is 538 g/mol. The first kappa shape index (κ1) is 29.5. The van der Waals surface area contributed by atoms with E-state index in [4.69, 9.17) is 14.2 Å². The van der Waals surface area contributed by atoms with Gasteiger partial charge in [0, 0.05) is 23.5 Å². The fraction of sp³-hybridized carbons (Fsp3) is 0.848. The summed E-state index contributed by atoms with van der Waals surface area (Å²) in [4.78, 5) is 14.5. The molecule has 4 aliphatic carbocycles. The van der Waals surface area contributed by atoms with Gasteiger partial charge in [0.1, 0.15) is 24.4 Å². The van der Waals surface area contributed by atoms with Crippen molar-refractivity contribution in [2.24, 2.45) is 35.0 Å². The number of Topliss-reactive ketones (excluding diaryl/α,β-unsaturated/α-hetero) is 1. The predicted molar refractivity (Wildman–Crippen MR) is 153 cm³/mol. The summed E-state index contributed by atoms with van der Waals surface area (Å²) in [6.45, 7) is 9.60. The molecule has 42 heavy (non-hydrogen) atoms. The molecule has 0 aromatic rings. The maximum Gasteiger partial charge on any atom is 0.186 e. The van der Waals surface area contributed by atoms with Gasteiger partial charge in [0.05, 0.1) is 24.4 Å². The maximum atomic E-state index is 14.5. The van der Waals surface area contributed by atoms with E-state index in [1.165, 1.54) is 11.1 Å². The molecule has 3 saturated heterocycles. The van der Waals surface area contributed by atoms with E-state index in [0.29, 0.717) is 42.4 Å². The van der Waals surface area contributed by atoms with Gasteiger partial charge in [0.2, 0.25) is 0 Å². The third kappa shape index (κ3) is 4.14. The van der Waals surface area contributed by atoms with Gasteiger partial charge in [-0.3, -0.25) is 4.79 Å². The zero-order valence-electron chi connectivity index (χ0n) is 25.4. The number of aliphatic hydroxyl groups excluding tert-OH is 4. The quantitative estimate of drug-likeness (QED) is 0.314. The Bertz CT molecular complexity index is 1170. The molecule has 0 bridgehead atoms. The minimum Gasteiger partial charge on any atom is -0.394 e. The van der Waals surface area contributed by atoms with Gasteiger partial charge in [-0.15, -0.1) is 0 Å². The maximum absolute atomic E-state index is 14.5. The van der Waals surface area contributed by atoms with E-state index in [9.17, 15) is 25.2 Å². The second kappa shape index (κ2) is 10.4. The number of ketones is 1. The lowest BCUT2D eigenvalue weighted by molar-refractivity contribution is -0.312. The topological polar surface area (TPSA) is 138 Å². The van der Waals surface area contributed by atoms with Gasteiger partial charge < -0.3 is 40.0 Å². The summed E-state index contributed by atoms with van der Waals surface area (Å²) in [5, 5.41) is 44.2. The van der Waals surface area contributed by atoms with Crippen molar-refractivity contribution in [2.45, 2.75) is 127 Å². The molecule has 0 aromatic heterocycles. The minimum atomic E-state index is -1.46. The van der Waals surface area contributed by atoms with Crippen LogP contribution in [0.2, 0.25) is 0 Å². The zero-order chi connectivity index (χ0) is 29.7. The van der Waals surface area contributed by atoms with E-state index >= 15 is 0 Å². The number of nitrogens with one attached hydrogen (secondary N) is 1. The van der Waals surface area contributed by atoms with Crippen LogP contribution < -0.4 is 5.32 Å². The van der Waals surface area contributed by atoms with E-state index in [-0.39, 0.29) is 35.1 Å². The number of carbonyl (C=O) groups excluding carboxylic acids is 1.